The molecule has 0 amide bonds. The lowest BCUT2D eigenvalue weighted by molar-refractivity contribution is 0.155. The van der Waals surface area contributed by atoms with Crippen LogP contribution in [0.15, 0.2) is 36.7 Å². The van der Waals surface area contributed by atoms with Gasteiger partial charge in [-0.25, -0.2) is 4.98 Å². The fraction of sp³-hybridized carbons (Fsp3) is 0.400. The lowest BCUT2D eigenvalue weighted by Gasteiger charge is -2.14. The van der Waals surface area contributed by atoms with Gasteiger partial charge < -0.3 is 9.67 Å². The Kier molecular flexibility index (Phi) is 4.15. The van der Waals surface area contributed by atoms with E-state index in [4.69, 9.17) is 0 Å². The molecule has 3 nitrogen and oxygen atoms in total. The SMILES string of the molecule is CCc1ccc(C(O)Cn2ccnc2CC)cc1. The van der Waals surface area contributed by atoms with Crippen LogP contribution in [0.1, 0.15) is 36.9 Å². The highest BCUT2D eigenvalue weighted by Crippen LogP contribution is 2.17. The van der Waals surface area contributed by atoms with Crippen molar-refractivity contribution >= 4 is 0 Å². The summed E-state index contributed by atoms with van der Waals surface area (Å²) in [6, 6.07) is 8.17. The summed E-state index contributed by atoms with van der Waals surface area (Å²) in [5.74, 6) is 1.01. The second-order valence-corrected chi connectivity index (χ2v) is 4.46. The van der Waals surface area contributed by atoms with Crippen molar-refractivity contribution in [1.82, 2.24) is 9.55 Å². The third-order valence-electron chi connectivity index (χ3n) is 3.26. The highest BCUT2D eigenvalue weighted by molar-refractivity contribution is 5.24. The van der Waals surface area contributed by atoms with Crippen LogP contribution in [0.5, 0.6) is 0 Å². The minimum absolute atomic E-state index is 0.476. The van der Waals surface area contributed by atoms with Crippen LogP contribution < -0.4 is 0 Å². The maximum Gasteiger partial charge on any atom is 0.108 e. The van der Waals surface area contributed by atoms with Crippen LogP contribution in [0.3, 0.4) is 0 Å². The normalized spacial score (nSPS) is 12.6. The van der Waals surface area contributed by atoms with E-state index >= 15 is 0 Å². The second kappa shape index (κ2) is 5.83. The summed E-state index contributed by atoms with van der Waals surface area (Å²) in [6.07, 6.45) is 5.14. The van der Waals surface area contributed by atoms with Crippen LogP contribution in [0.25, 0.3) is 0 Å². The number of hydrogen-bond donors (Lipinski definition) is 1. The molecule has 2 rings (SSSR count). The molecule has 0 aliphatic rings. The van der Waals surface area contributed by atoms with E-state index in [1.807, 2.05) is 22.9 Å². The van der Waals surface area contributed by atoms with Gasteiger partial charge in [-0.1, -0.05) is 38.1 Å². The van der Waals surface area contributed by atoms with Gasteiger partial charge in [-0.05, 0) is 17.5 Å². The lowest BCUT2D eigenvalue weighted by atomic mass is 10.1. The van der Waals surface area contributed by atoms with Gasteiger partial charge in [0.1, 0.15) is 5.82 Å². The van der Waals surface area contributed by atoms with E-state index in [0.717, 1.165) is 24.2 Å². The molecule has 1 unspecified atom stereocenters. The Morgan fingerprint density at radius 3 is 2.50 bits per heavy atom. The predicted molar refractivity (Wildman–Crippen MR) is 72.4 cm³/mol. The summed E-state index contributed by atoms with van der Waals surface area (Å²) in [4.78, 5) is 4.26. The van der Waals surface area contributed by atoms with Crippen LogP contribution in [0, 0.1) is 0 Å². The number of imidazole rings is 1. The first kappa shape index (κ1) is 12.8. The molecule has 0 saturated carbocycles. The van der Waals surface area contributed by atoms with Crippen molar-refractivity contribution in [3.8, 4) is 0 Å². The van der Waals surface area contributed by atoms with Crippen molar-refractivity contribution in [3.63, 3.8) is 0 Å². The van der Waals surface area contributed by atoms with Gasteiger partial charge in [0.2, 0.25) is 0 Å². The Morgan fingerprint density at radius 2 is 1.89 bits per heavy atom. The molecule has 0 fully saturated rings. The Bertz CT molecular complexity index is 487. The highest BCUT2D eigenvalue weighted by atomic mass is 16.3. The monoisotopic (exact) mass is 244 g/mol. The number of hydrogen-bond acceptors (Lipinski definition) is 2. The molecule has 0 spiro atoms. The first-order valence-electron chi connectivity index (χ1n) is 6.51. The Morgan fingerprint density at radius 1 is 1.17 bits per heavy atom. The summed E-state index contributed by atoms with van der Waals surface area (Å²) in [7, 11) is 0. The molecule has 2 aromatic rings. The average Bonchev–Trinajstić information content (AvgIpc) is 2.86. The van der Waals surface area contributed by atoms with Crippen LogP contribution in [0.4, 0.5) is 0 Å². The minimum Gasteiger partial charge on any atom is -0.387 e. The number of nitrogens with zero attached hydrogens (tertiary/aromatic N) is 2. The van der Waals surface area contributed by atoms with Crippen molar-refractivity contribution in [2.75, 3.05) is 0 Å². The summed E-state index contributed by atoms with van der Waals surface area (Å²) < 4.78 is 2.01. The number of aliphatic hydroxyl groups is 1. The quantitative estimate of drug-likeness (QED) is 0.878. The van der Waals surface area contributed by atoms with Gasteiger partial charge in [0, 0.05) is 18.8 Å². The minimum atomic E-state index is -0.476. The maximum absolute atomic E-state index is 10.2. The van der Waals surface area contributed by atoms with E-state index in [1.165, 1.54) is 5.56 Å². The largest absolute Gasteiger partial charge is 0.387 e. The molecule has 0 saturated heterocycles. The van der Waals surface area contributed by atoms with E-state index in [-0.39, 0.29) is 0 Å². The third-order valence-corrected chi connectivity index (χ3v) is 3.26. The number of aromatic nitrogens is 2. The van der Waals surface area contributed by atoms with Gasteiger partial charge in [-0.3, -0.25) is 0 Å². The molecule has 1 aromatic carbocycles. The molecule has 18 heavy (non-hydrogen) atoms. The smallest absolute Gasteiger partial charge is 0.108 e. The molecule has 3 heteroatoms. The average molecular weight is 244 g/mol. The standard InChI is InChI=1S/C15H20N2O/c1-3-12-5-7-13(8-6-12)14(18)11-17-10-9-16-15(17)4-2/h5-10,14,18H,3-4,11H2,1-2H3. The van der Waals surface area contributed by atoms with Gasteiger partial charge in [0.15, 0.2) is 0 Å². The zero-order valence-electron chi connectivity index (χ0n) is 11.0. The van der Waals surface area contributed by atoms with Crippen LogP contribution in [-0.2, 0) is 19.4 Å². The second-order valence-electron chi connectivity index (χ2n) is 4.46. The molecule has 0 aliphatic carbocycles. The zero-order chi connectivity index (χ0) is 13.0. The van der Waals surface area contributed by atoms with E-state index in [1.54, 1.807) is 6.20 Å². The van der Waals surface area contributed by atoms with Gasteiger partial charge in [-0.2, -0.15) is 0 Å². The number of rotatable bonds is 5. The Labute approximate surface area is 108 Å². The molecular formula is C15H20N2O. The van der Waals surface area contributed by atoms with Gasteiger partial charge in [-0.15, -0.1) is 0 Å². The Balaban J connectivity index is 2.09. The summed E-state index contributed by atoms with van der Waals surface area (Å²) in [5, 5.41) is 10.2. The molecule has 96 valence electrons. The molecule has 1 heterocycles. The van der Waals surface area contributed by atoms with E-state index in [9.17, 15) is 5.11 Å². The van der Waals surface area contributed by atoms with Crippen LogP contribution in [-0.4, -0.2) is 14.7 Å². The summed E-state index contributed by atoms with van der Waals surface area (Å²) in [5.41, 5.74) is 2.26. The van der Waals surface area contributed by atoms with Crippen molar-refractivity contribution in [1.29, 1.82) is 0 Å². The van der Waals surface area contributed by atoms with Gasteiger partial charge in [0.05, 0.1) is 12.6 Å². The van der Waals surface area contributed by atoms with E-state index < -0.39 is 6.10 Å². The first-order valence-corrected chi connectivity index (χ1v) is 6.51. The Hall–Kier alpha value is -1.61. The van der Waals surface area contributed by atoms with Crippen molar-refractivity contribution in [2.45, 2.75) is 39.3 Å². The van der Waals surface area contributed by atoms with Gasteiger partial charge in [0.25, 0.3) is 0 Å². The summed E-state index contributed by atoms with van der Waals surface area (Å²) >= 11 is 0. The fourth-order valence-corrected chi connectivity index (χ4v) is 2.09. The molecular weight excluding hydrogens is 224 g/mol. The molecule has 1 N–H and O–H groups in total. The number of aliphatic hydroxyl groups excluding tert-OH is 1. The fourth-order valence-electron chi connectivity index (χ4n) is 2.09. The highest BCUT2D eigenvalue weighted by Gasteiger charge is 2.10. The van der Waals surface area contributed by atoms with Crippen molar-refractivity contribution in [3.05, 3.63) is 53.6 Å². The van der Waals surface area contributed by atoms with Crippen molar-refractivity contribution < 1.29 is 5.11 Å². The molecule has 1 aromatic heterocycles. The first-order chi connectivity index (χ1) is 8.74. The maximum atomic E-state index is 10.2. The van der Waals surface area contributed by atoms with Gasteiger partial charge >= 0.3 is 0 Å². The topological polar surface area (TPSA) is 38.0 Å². The number of aryl methyl sites for hydroxylation is 2. The molecule has 0 radical (unpaired) electrons. The molecule has 1 atom stereocenters. The molecule has 0 bridgehead atoms. The summed E-state index contributed by atoms with van der Waals surface area (Å²) in [6.45, 7) is 4.76. The van der Waals surface area contributed by atoms with Crippen LogP contribution >= 0.6 is 0 Å². The third kappa shape index (κ3) is 2.79. The lowest BCUT2D eigenvalue weighted by Crippen LogP contribution is -2.10. The number of benzene rings is 1. The zero-order valence-corrected chi connectivity index (χ0v) is 11.0. The van der Waals surface area contributed by atoms with E-state index in [2.05, 4.69) is 31.0 Å². The van der Waals surface area contributed by atoms with Crippen LogP contribution in [0.2, 0.25) is 0 Å². The van der Waals surface area contributed by atoms with Crippen molar-refractivity contribution in [2.24, 2.45) is 0 Å². The predicted octanol–water partition coefficient (Wildman–Crippen LogP) is 2.74. The van der Waals surface area contributed by atoms with E-state index in [0.29, 0.717) is 6.54 Å². The molecule has 0 aliphatic heterocycles.